The molecule has 0 heterocycles. The van der Waals surface area contributed by atoms with E-state index >= 15 is 0 Å². The van der Waals surface area contributed by atoms with E-state index in [1.807, 2.05) is 6.08 Å². The molecule has 15 heavy (non-hydrogen) atoms. The van der Waals surface area contributed by atoms with Crippen molar-refractivity contribution in [2.24, 2.45) is 0 Å². The van der Waals surface area contributed by atoms with Crippen LogP contribution >= 0.6 is 0 Å². The Labute approximate surface area is 91.8 Å². The van der Waals surface area contributed by atoms with Crippen molar-refractivity contribution in [1.82, 2.24) is 0 Å². The Morgan fingerprint density at radius 3 is 2.67 bits per heavy atom. The normalized spacial score (nSPS) is 11.5. The van der Waals surface area contributed by atoms with Crippen LogP contribution in [-0.4, -0.2) is 30.0 Å². The van der Waals surface area contributed by atoms with Crippen molar-refractivity contribution in [1.29, 1.82) is 0 Å². The number of ether oxygens (including phenoxy) is 1. The third-order valence-corrected chi connectivity index (χ3v) is 1.97. The van der Waals surface area contributed by atoms with Gasteiger partial charge in [-0.3, -0.25) is 0 Å². The van der Waals surface area contributed by atoms with E-state index in [1.54, 1.807) is 12.2 Å². The molecule has 0 aliphatic heterocycles. The Hall–Kier alpha value is -1.18. The molecule has 0 aliphatic carbocycles. The fraction of sp³-hybridized carbons (Fsp3) is 0.583. The van der Waals surface area contributed by atoms with Gasteiger partial charge in [0, 0.05) is 0 Å². The third-order valence-electron chi connectivity index (χ3n) is 1.97. The van der Waals surface area contributed by atoms with E-state index < -0.39 is 0 Å². The fourth-order valence-corrected chi connectivity index (χ4v) is 1.14. The minimum absolute atomic E-state index is 0.260. The van der Waals surface area contributed by atoms with Crippen LogP contribution < -0.4 is 0 Å². The quantitative estimate of drug-likeness (QED) is 0.146. The summed E-state index contributed by atoms with van der Waals surface area (Å²) in [4.78, 5) is 10.7. The zero-order chi connectivity index (χ0) is 11.5. The Balaban J connectivity index is 4.27. The van der Waals surface area contributed by atoms with E-state index in [-0.39, 0.29) is 6.23 Å². The Morgan fingerprint density at radius 1 is 1.47 bits per heavy atom. The topological polar surface area (TPSA) is 29.3 Å². The molecule has 0 N–H and O–H groups in total. The van der Waals surface area contributed by atoms with Crippen LogP contribution in [0.1, 0.15) is 26.2 Å². The first-order chi connectivity index (χ1) is 7.29. The van der Waals surface area contributed by atoms with Gasteiger partial charge in [-0.2, -0.15) is 4.79 Å². The van der Waals surface area contributed by atoms with Crippen LogP contribution in [0.25, 0.3) is 0 Å². The molecule has 0 bridgehead atoms. The molecule has 84 valence electrons. The van der Waals surface area contributed by atoms with Gasteiger partial charge >= 0.3 is 6.08 Å². The number of nitrogens with zero attached hydrogens (tertiary/aromatic N) is 1. The molecule has 3 nitrogen and oxygen atoms in total. The maximum atomic E-state index is 10.7. The van der Waals surface area contributed by atoms with Gasteiger partial charge in [0.05, 0.1) is 13.0 Å². The molecule has 0 fully saturated rings. The highest BCUT2D eigenvalue weighted by Crippen LogP contribution is 2.03. The van der Waals surface area contributed by atoms with E-state index in [0.717, 1.165) is 12.8 Å². The second-order valence-corrected chi connectivity index (χ2v) is 3.24. The Kier molecular flexibility index (Phi) is 8.64. The number of rotatable bonds is 9. The van der Waals surface area contributed by atoms with Crippen LogP contribution in [0.3, 0.4) is 0 Å². The summed E-state index contributed by atoms with van der Waals surface area (Å²) in [7, 11) is 0. The first-order valence-electron chi connectivity index (χ1n) is 5.27. The molecule has 0 aliphatic rings. The lowest BCUT2D eigenvalue weighted by Gasteiger charge is -2.10. The van der Waals surface area contributed by atoms with E-state index in [2.05, 4.69) is 20.1 Å². The maximum absolute atomic E-state index is 10.7. The van der Waals surface area contributed by atoms with Gasteiger partial charge in [0.15, 0.2) is 6.54 Å². The maximum Gasteiger partial charge on any atom is 0.426 e. The van der Waals surface area contributed by atoms with Crippen molar-refractivity contribution in [3.05, 3.63) is 25.3 Å². The first kappa shape index (κ1) is 13.8. The van der Waals surface area contributed by atoms with Gasteiger partial charge < -0.3 is 4.74 Å². The summed E-state index contributed by atoms with van der Waals surface area (Å²) in [6.45, 7) is 10.4. The zero-order valence-electron chi connectivity index (χ0n) is 9.45. The summed E-state index contributed by atoms with van der Waals surface area (Å²) in [5, 5.41) is 0. The van der Waals surface area contributed by atoms with Crippen LogP contribution in [0.4, 0.5) is 0 Å². The van der Waals surface area contributed by atoms with E-state index in [4.69, 9.17) is 4.74 Å². The van der Waals surface area contributed by atoms with Crippen LogP contribution in [0, 0.1) is 0 Å². The smallest absolute Gasteiger partial charge is 0.320 e. The van der Waals surface area contributed by atoms with Crippen molar-refractivity contribution in [2.45, 2.75) is 32.4 Å². The molecular formula is C12H20NO2+. The van der Waals surface area contributed by atoms with Gasteiger partial charge in [-0.25, -0.2) is 0 Å². The number of hydrogen-bond acceptors (Lipinski definition) is 2. The first-order valence-corrected chi connectivity index (χ1v) is 5.27. The monoisotopic (exact) mass is 210 g/mol. The molecular weight excluding hydrogens is 190 g/mol. The molecule has 0 aromatic rings. The Morgan fingerprint density at radius 2 is 2.20 bits per heavy atom. The van der Waals surface area contributed by atoms with Crippen LogP contribution in [0.5, 0.6) is 0 Å². The molecule has 0 aromatic carbocycles. The number of unbranched alkanes of at least 4 members (excludes halogenated alkanes) is 1. The number of hydrogen-bond donors (Lipinski definition) is 0. The highest BCUT2D eigenvalue weighted by Gasteiger charge is 2.19. The molecule has 0 radical (unpaired) electrons. The second kappa shape index (κ2) is 9.38. The summed E-state index contributed by atoms with van der Waals surface area (Å²) in [5.74, 6) is 0. The lowest BCUT2D eigenvalue weighted by molar-refractivity contribution is -0.602. The fourth-order valence-electron chi connectivity index (χ4n) is 1.14. The molecule has 0 aromatic heterocycles. The summed E-state index contributed by atoms with van der Waals surface area (Å²) in [6.07, 6.45) is 7.68. The van der Waals surface area contributed by atoms with Crippen LogP contribution in [0.2, 0.25) is 0 Å². The van der Waals surface area contributed by atoms with Crippen molar-refractivity contribution >= 4 is 6.08 Å². The second-order valence-electron chi connectivity index (χ2n) is 3.24. The van der Waals surface area contributed by atoms with E-state index in [9.17, 15) is 4.79 Å². The summed E-state index contributed by atoms with van der Waals surface area (Å²) in [6, 6.07) is 0. The summed E-state index contributed by atoms with van der Waals surface area (Å²) >= 11 is 0. The molecule has 1 atom stereocenters. The van der Waals surface area contributed by atoms with E-state index in [0.29, 0.717) is 19.6 Å². The largest absolute Gasteiger partial charge is 0.426 e. The van der Waals surface area contributed by atoms with Gasteiger partial charge in [-0.1, -0.05) is 26.0 Å². The van der Waals surface area contributed by atoms with Gasteiger partial charge in [0.25, 0.3) is 6.23 Å². The zero-order valence-corrected chi connectivity index (χ0v) is 9.45. The van der Waals surface area contributed by atoms with Crippen molar-refractivity contribution in [3.63, 3.8) is 0 Å². The Bertz CT molecular complexity index is 242. The number of isocyanates is 1. The lowest BCUT2D eigenvalue weighted by Crippen LogP contribution is -2.29. The third kappa shape index (κ3) is 6.00. The molecule has 0 saturated carbocycles. The van der Waals surface area contributed by atoms with Crippen molar-refractivity contribution < 1.29 is 14.1 Å². The molecule has 3 heteroatoms. The van der Waals surface area contributed by atoms with Gasteiger partial charge in [0.1, 0.15) is 0 Å². The van der Waals surface area contributed by atoms with Gasteiger partial charge in [0.2, 0.25) is 0 Å². The minimum Gasteiger partial charge on any atom is -0.320 e. The standard InChI is InChI=1S/C12H20NO2/c1-4-7-10-15-12(8-5-2)13(11-14)9-6-3/h5-6,12H,2-4,7-10H2,1H3/q+1. The van der Waals surface area contributed by atoms with Gasteiger partial charge in [-0.15, -0.1) is 11.2 Å². The molecule has 0 spiro atoms. The van der Waals surface area contributed by atoms with Crippen LogP contribution in [-0.2, 0) is 9.53 Å². The summed E-state index contributed by atoms with van der Waals surface area (Å²) < 4.78 is 7.04. The molecule has 1 unspecified atom stereocenters. The van der Waals surface area contributed by atoms with E-state index in [1.165, 1.54) is 4.58 Å². The minimum atomic E-state index is -0.260. The highest BCUT2D eigenvalue weighted by molar-refractivity contribution is 5.25. The van der Waals surface area contributed by atoms with Gasteiger partial charge in [-0.05, 0) is 12.5 Å². The SMILES string of the molecule is C=CCC(OCCCC)[N+](=C=O)CC=C. The predicted molar refractivity (Wildman–Crippen MR) is 60.5 cm³/mol. The van der Waals surface area contributed by atoms with Crippen LogP contribution in [0.15, 0.2) is 25.3 Å². The molecule has 0 saturated heterocycles. The lowest BCUT2D eigenvalue weighted by atomic mass is 10.3. The average Bonchev–Trinajstić information content (AvgIpc) is 2.25. The van der Waals surface area contributed by atoms with Crippen molar-refractivity contribution in [2.75, 3.05) is 13.2 Å². The average molecular weight is 210 g/mol. The highest BCUT2D eigenvalue weighted by atomic mass is 16.5. The summed E-state index contributed by atoms with van der Waals surface area (Å²) in [5.41, 5.74) is 0. The number of carbonyl (C=O) groups excluding carboxylic acids is 1. The molecule has 0 amide bonds. The predicted octanol–water partition coefficient (Wildman–Crippen LogP) is 2.24. The molecule has 0 rings (SSSR count). The van der Waals surface area contributed by atoms with Crippen molar-refractivity contribution in [3.8, 4) is 0 Å².